The minimum atomic E-state index is -3.66. The van der Waals surface area contributed by atoms with E-state index in [4.69, 9.17) is 4.74 Å². The first-order valence-electron chi connectivity index (χ1n) is 8.27. The van der Waals surface area contributed by atoms with E-state index < -0.39 is 34.3 Å². The minimum absolute atomic E-state index is 0.116. The van der Waals surface area contributed by atoms with Crippen molar-refractivity contribution in [3.05, 3.63) is 59.7 Å². The zero-order valence-corrected chi connectivity index (χ0v) is 15.9. The van der Waals surface area contributed by atoms with Gasteiger partial charge in [0.25, 0.3) is 0 Å². The molecule has 6 nitrogen and oxygen atoms in total. The van der Waals surface area contributed by atoms with Gasteiger partial charge in [0.1, 0.15) is 5.75 Å². The third-order valence-corrected chi connectivity index (χ3v) is 5.63. The molecule has 0 amide bonds. The number of alkyl halides is 2. The monoisotopic (exact) mass is 412 g/mol. The first kappa shape index (κ1) is 21.5. The molecule has 0 aliphatic rings. The molecular formula is C19H18F2O6S. The van der Waals surface area contributed by atoms with Crippen LogP contribution in [0.1, 0.15) is 34.6 Å². The zero-order chi connectivity index (χ0) is 20.9. The van der Waals surface area contributed by atoms with Crippen LogP contribution in [0.3, 0.4) is 0 Å². The van der Waals surface area contributed by atoms with E-state index >= 15 is 0 Å². The molecule has 150 valence electrons. The predicted octanol–water partition coefficient (Wildman–Crippen LogP) is 3.51. The van der Waals surface area contributed by atoms with Crippen LogP contribution in [-0.2, 0) is 14.6 Å². The molecule has 0 spiro atoms. The Bertz CT molecular complexity index is 955. The molecule has 0 fully saturated rings. The second-order valence-electron chi connectivity index (χ2n) is 5.71. The zero-order valence-electron chi connectivity index (χ0n) is 15.1. The lowest BCUT2D eigenvalue weighted by molar-refractivity contribution is -0.0498. The maximum Gasteiger partial charge on any atom is 0.387 e. The van der Waals surface area contributed by atoms with Gasteiger partial charge in [-0.15, -0.1) is 0 Å². The van der Waals surface area contributed by atoms with Crippen LogP contribution in [0.15, 0.2) is 53.4 Å². The highest BCUT2D eigenvalue weighted by Gasteiger charge is 2.25. The lowest BCUT2D eigenvalue weighted by atomic mass is 10.1. The van der Waals surface area contributed by atoms with Crippen molar-refractivity contribution in [3.8, 4) is 5.75 Å². The molecule has 2 rings (SSSR count). The summed E-state index contributed by atoms with van der Waals surface area (Å²) in [5.74, 6) is -1.84. The maximum absolute atomic E-state index is 12.4. The van der Waals surface area contributed by atoms with E-state index in [2.05, 4.69) is 4.74 Å². The number of hydrogen-bond donors (Lipinski definition) is 0. The second-order valence-corrected chi connectivity index (χ2v) is 7.96. The van der Waals surface area contributed by atoms with Crippen LogP contribution in [-0.4, -0.2) is 38.6 Å². The molecule has 2 aromatic rings. The predicted molar refractivity (Wildman–Crippen MR) is 96.5 cm³/mol. The van der Waals surface area contributed by atoms with Gasteiger partial charge in [-0.25, -0.2) is 13.2 Å². The summed E-state index contributed by atoms with van der Waals surface area (Å²) in [7, 11) is -3.66. The van der Waals surface area contributed by atoms with Crippen molar-refractivity contribution < 1.29 is 36.3 Å². The number of Topliss-reactive ketones (excluding diaryl/α,β-unsaturated/α-hetero) is 1. The number of carbonyl (C=O) groups is 2. The smallest absolute Gasteiger partial charge is 0.387 e. The van der Waals surface area contributed by atoms with E-state index in [0.29, 0.717) is 0 Å². The van der Waals surface area contributed by atoms with Crippen LogP contribution in [0.2, 0.25) is 0 Å². The Balaban J connectivity index is 2.16. The summed E-state index contributed by atoms with van der Waals surface area (Å²) in [5.41, 5.74) is -0.0407. The normalized spacial score (nSPS) is 12.5. The number of ether oxygens (including phenoxy) is 2. The van der Waals surface area contributed by atoms with Crippen molar-refractivity contribution in [1.82, 2.24) is 0 Å². The second kappa shape index (κ2) is 8.92. The molecule has 0 N–H and O–H groups in total. The van der Waals surface area contributed by atoms with Gasteiger partial charge in [-0.3, -0.25) is 4.79 Å². The lowest BCUT2D eigenvalue weighted by Gasteiger charge is -2.14. The Kier molecular flexibility index (Phi) is 6.85. The molecule has 0 saturated carbocycles. The number of ketones is 1. The first-order valence-corrected chi connectivity index (χ1v) is 9.92. The largest absolute Gasteiger partial charge is 0.451 e. The van der Waals surface area contributed by atoms with Crippen LogP contribution in [0.5, 0.6) is 5.75 Å². The third kappa shape index (κ3) is 5.13. The van der Waals surface area contributed by atoms with E-state index in [-0.39, 0.29) is 27.5 Å². The minimum Gasteiger partial charge on any atom is -0.451 e. The van der Waals surface area contributed by atoms with Gasteiger partial charge in [0.15, 0.2) is 15.9 Å². The Labute approximate surface area is 161 Å². The molecule has 2 aromatic carbocycles. The molecule has 28 heavy (non-hydrogen) atoms. The first-order chi connectivity index (χ1) is 13.2. The van der Waals surface area contributed by atoms with Gasteiger partial charge >= 0.3 is 12.6 Å². The standard InChI is InChI=1S/C19H18F2O6S/c1-3-28(24,25)16-7-5-4-6-15(16)18(23)26-12(2)17(22)13-8-10-14(11-9-13)27-19(20)21/h4-12,19H,3H2,1-2H3/t12-/m0/s1. The Hall–Kier alpha value is -2.81. The van der Waals surface area contributed by atoms with Crippen molar-refractivity contribution in [2.75, 3.05) is 5.75 Å². The molecular weight excluding hydrogens is 394 g/mol. The SMILES string of the molecule is CCS(=O)(=O)c1ccccc1C(=O)O[C@@H](C)C(=O)c1ccc(OC(F)F)cc1. The van der Waals surface area contributed by atoms with E-state index in [1.807, 2.05) is 0 Å². The average Bonchev–Trinajstić information content (AvgIpc) is 2.67. The summed E-state index contributed by atoms with van der Waals surface area (Å²) in [4.78, 5) is 24.6. The van der Waals surface area contributed by atoms with Crippen molar-refractivity contribution in [3.63, 3.8) is 0 Å². The van der Waals surface area contributed by atoms with Crippen LogP contribution >= 0.6 is 0 Å². The fourth-order valence-electron chi connectivity index (χ4n) is 2.37. The van der Waals surface area contributed by atoms with Gasteiger partial charge in [-0.1, -0.05) is 19.1 Å². The van der Waals surface area contributed by atoms with Crippen molar-refractivity contribution in [2.24, 2.45) is 0 Å². The average molecular weight is 412 g/mol. The maximum atomic E-state index is 12.4. The fraction of sp³-hybridized carbons (Fsp3) is 0.263. The van der Waals surface area contributed by atoms with E-state index in [0.717, 1.165) is 0 Å². The van der Waals surface area contributed by atoms with Crippen LogP contribution < -0.4 is 4.74 Å². The summed E-state index contributed by atoms with van der Waals surface area (Å²) < 4.78 is 57.9. The van der Waals surface area contributed by atoms with Crippen molar-refractivity contribution in [2.45, 2.75) is 31.5 Å². The molecule has 1 atom stereocenters. The number of hydrogen-bond acceptors (Lipinski definition) is 6. The molecule has 0 bridgehead atoms. The molecule has 0 aromatic heterocycles. The van der Waals surface area contributed by atoms with E-state index in [1.165, 1.54) is 62.4 Å². The highest BCUT2D eigenvalue weighted by atomic mass is 32.2. The molecule has 0 saturated heterocycles. The van der Waals surface area contributed by atoms with Gasteiger partial charge in [-0.05, 0) is 43.3 Å². The molecule has 0 aliphatic carbocycles. The lowest BCUT2D eigenvalue weighted by Crippen LogP contribution is -2.25. The topological polar surface area (TPSA) is 86.7 Å². The summed E-state index contributed by atoms with van der Waals surface area (Å²) in [6.07, 6.45) is -1.22. The Morgan fingerprint density at radius 2 is 1.64 bits per heavy atom. The summed E-state index contributed by atoms with van der Waals surface area (Å²) in [5, 5.41) is 0. The summed E-state index contributed by atoms with van der Waals surface area (Å²) in [6, 6.07) is 10.5. The van der Waals surface area contributed by atoms with Crippen LogP contribution in [0, 0.1) is 0 Å². The van der Waals surface area contributed by atoms with Gasteiger partial charge in [0.05, 0.1) is 16.2 Å². The number of esters is 1. The quantitative estimate of drug-likeness (QED) is 0.487. The number of benzene rings is 2. The Morgan fingerprint density at radius 1 is 1.04 bits per heavy atom. The molecule has 0 radical (unpaired) electrons. The van der Waals surface area contributed by atoms with Gasteiger partial charge in [0.2, 0.25) is 5.78 Å². The molecule has 0 aliphatic heterocycles. The number of halogens is 2. The van der Waals surface area contributed by atoms with Crippen molar-refractivity contribution >= 4 is 21.6 Å². The van der Waals surface area contributed by atoms with Gasteiger partial charge < -0.3 is 9.47 Å². The van der Waals surface area contributed by atoms with Crippen molar-refractivity contribution in [1.29, 1.82) is 0 Å². The Morgan fingerprint density at radius 3 is 2.21 bits per heavy atom. The van der Waals surface area contributed by atoms with E-state index in [9.17, 15) is 26.8 Å². The number of carbonyl (C=O) groups excluding carboxylic acids is 2. The van der Waals surface area contributed by atoms with Gasteiger partial charge in [0, 0.05) is 5.56 Å². The highest BCUT2D eigenvalue weighted by Crippen LogP contribution is 2.20. The number of sulfone groups is 1. The molecule has 0 unspecified atom stereocenters. The van der Waals surface area contributed by atoms with Gasteiger partial charge in [-0.2, -0.15) is 8.78 Å². The van der Waals surface area contributed by atoms with E-state index in [1.54, 1.807) is 0 Å². The van der Waals surface area contributed by atoms with Crippen LogP contribution in [0.4, 0.5) is 8.78 Å². The summed E-state index contributed by atoms with van der Waals surface area (Å²) in [6.45, 7) is -0.202. The summed E-state index contributed by atoms with van der Waals surface area (Å²) >= 11 is 0. The fourth-order valence-corrected chi connectivity index (χ4v) is 3.46. The number of rotatable bonds is 8. The molecule has 0 heterocycles. The molecule has 9 heteroatoms. The van der Waals surface area contributed by atoms with Crippen LogP contribution in [0.25, 0.3) is 0 Å². The highest BCUT2D eigenvalue weighted by molar-refractivity contribution is 7.91. The third-order valence-electron chi connectivity index (χ3n) is 3.84.